The third kappa shape index (κ3) is 4.72. The Morgan fingerprint density at radius 1 is 1.10 bits per heavy atom. The molecule has 0 radical (unpaired) electrons. The molecular weight excluding hydrogens is 279 g/mol. The Balaban J connectivity index is 5.62. The van der Waals surface area contributed by atoms with Crippen molar-refractivity contribution >= 4 is 13.6 Å². The lowest BCUT2D eigenvalue weighted by molar-refractivity contribution is -0.146. The summed E-state index contributed by atoms with van der Waals surface area (Å²) in [7, 11) is -3.60. The number of allylic oxidation sites excluding steroid dienone is 2. The average Bonchev–Trinajstić information content (AvgIpc) is 2.36. The van der Waals surface area contributed by atoms with Gasteiger partial charge in [-0.15, -0.1) is 0 Å². The fourth-order valence-corrected chi connectivity index (χ4v) is 3.59. The normalized spacial score (nSPS) is 14.5. The third-order valence-corrected chi connectivity index (χ3v) is 5.60. The lowest BCUT2D eigenvalue weighted by Crippen LogP contribution is -2.38. The van der Waals surface area contributed by atoms with E-state index in [1.807, 2.05) is 19.9 Å². The highest BCUT2D eigenvalue weighted by Crippen LogP contribution is 2.62. The number of carbonyl (C=O) groups is 1. The van der Waals surface area contributed by atoms with Gasteiger partial charge in [-0.2, -0.15) is 0 Å². The quantitative estimate of drug-likeness (QED) is 0.367. The summed E-state index contributed by atoms with van der Waals surface area (Å²) in [5.41, 5.74) is 1.03. The maximum absolute atomic E-state index is 13.0. The first-order chi connectivity index (χ1) is 9.27. The van der Waals surface area contributed by atoms with Gasteiger partial charge in [0.1, 0.15) is 0 Å². The van der Waals surface area contributed by atoms with Crippen LogP contribution in [0.4, 0.5) is 0 Å². The molecule has 0 spiro atoms. The van der Waals surface area contributed by atoms with Crippen LogP contribution in [0.1, 0.15) is 48.0 Å². The van der Waals surface area contributed by atoms with Gasteiger partial charge >= 0.3 is 13.6 Å². The molecule has 0 saturated carbocycles. The highest BCUT2D eigenvalue weighted by Gasteiger charge is 2.53. The van der Waals surface area contributed by atoms with Gasteiger partial charge in [0.2, 0.25) is 0 Å². The molecule has 6 heteroatoms. The molecule has 0 amide bonds. The molecule has 0 aromatic heterocycles. The highest BCUT2D eigenvalue weighted by atomic mass is 31.2. The minimum absolute atomic E-state index is 0.209. The standard InChI is InChI=1S/C14H27O5P/c1-7-17-13(15)14(6,11-10-12(4)5)20(16,18-8-2)19-9-3/h10H,7-9,11H2,1-6H3. The van der Waals surface area contributed by atoms with E-state index in [1.165, 1.54) is 0 Å². The summed E-state index contributed by atoms with van der Waals surface area (Å²) in [6, 6.07) is 0. The van der Waals surface area contributed by atoms with Crippen LogP contribution >= 0.6 is 7.60 Å². The Morgan fingerprint density at radius 3 is 1.95 bits per heavy atom. The van der Waals surface area contributed by atoms with Gasteiger partial charge in [0.25, 0.3) is 0 Å². The molecule has 20 heavy (non-hydrogen) atoms. The molecule has 0 heterocycles. The van der Waals surface area contributed by atoms with Crippen molar-refractivity contribution in [2.75, 3.05) is 19.8 Å². The second kappa shape index (κ2) is 8.60. The molecule has 1 unspecified atom stereocenters. The van der Waals surface area contributed by atoms with Crippen LogP contribution in [0.3, 0.4) is 0 Å². The predicted molar refractivity (Wildman–Crippen MR) is 79.9 cm³/mol. The highest BCUT2D eigenvalue weighted by molar-refractivity contribution is 7.56. The van der Waals surface area contributed by atoms with Crippen molar-refractivity contribution in [2.45, 2.75) is 53.1 Å². The van der Waals surface area contributed by atoms with Crippen LogP contribution < -0.4 is 0 Å². The molecule has 0 aliphatic carbocycles. The monoisotopic (exact) mass is 306 g/mol. The van der Waals surface area contributed by atoms with E-state index in [0.29, 0.717) is 0 Å². The number of hydrogen-bond donors (Lipinski definition) is 0. The summed E-state index contributed by atoms with van der Waals surface area (Å²) in [6.07, 6.45) is 2.10. The first kappa shape index (κ1) is 19.4. The summed E-state index contributed by atoms with van der Waals surface area (Å²) in [5.74, 6) is -0.553. The zero-order valence-corrected chi connectivity index (χ0v) is 14.3. The fraction of sp³-hybridized carbons (Fsp3) is 0.786. The molecule has 0 N–H and O–H groups in total. The summed E-state index contributed by atoms with van der Waals surface area (Å²) < 4.78 is 28.7. The molecule has 0 bridgehead atoms. The zero-order valence-electron chi connectivity index (χ0n) is 13.4. The van der Waals surface area contributed by atoms with Crippen LogP contribution in [0.25, 0.3) is 0 Å². The van der Waals surface area contributed by atoms with Crippen molar-refractivity contribution in [2.24, 2.45) is 0 Å². The minimum atomic E-state index is -3.60. The lowest BCUT2D eigenvalue weighted by Gasteiger charge is -2.33. The lowest BCUT2D eigenvalue weighted by atomic mass is 10.1. The van der Waals surface area contributed by atoms with Crippen LogP contribution in [0, 0.1) is 0 Å². The molecular formula is C14H27O5P. The predicted octanol–water partition coefficient (Wildman–Crippen LogP) is 3.93. The van der Waals surface area contributed by atoms with Crippen LogP contribution in [-0.2, 0) is 23.1 Å². The summed E-state index contributed by atoms with van der Waals surface area (Å²) in [5, 5.41) is -1.33. The number of rotatable bonds is 9. The largest absolute Gasteiger partial charge is 0.465 e. The van der Waals surface area contributed by atoms with Gasteiger partial charge in [0, 0.05) is 0 Å². The molecule has 1 atom stereocenters. The first-order valence-electron chi connectivity index (χ1n) is 6.97. The minimum Gasteiger partial charge on any atom is -0.465 e. The Morgan fingerprint density at radius 2 is 1.60 bits per heavy atom. The number of ether oxygens (including phenoxy) is 1. The maximum atomic E-state index is 13.0. The Labute approximate surface area is 122 Å². The second-order valence-electron chi connectivity index (χ2n) is 4.81. The fourth-order valence-electron chi connectivity index (χ4n) is 1.66. The van der Waals surface area contributed by atoms with Crippen molar-refractivity contribution < 1.29 is 23.1 Å². The SMILES string of the molecule is CCOC(=O)C(C)(CC=C(C)C)P(=O)(OCC)OCC. The van der Waals surface area contributed by atoms with Gasteiger partial charge in [-0.3, -0.25) is 9.36 Å². The van der Waals surface area contributed by atoms with E-state index in [2.05, 4.69) is 0 Å². The second-order valence-corrected chi connectivity index (χ2v) is 7.31. The van der Waals surface area contributed by atoms with Gasteiger partial charge in [-0.25, -0.2) is 0 Å². The van der Waals surface area contributed by atoms with Gasteiger partial charge in [-0.1, -0.05) is 11.6 Å². The van der Waals surface area contributed by atoms with Crippen molar-refractivity contribution in [3.63, 3.8) is 0 Å². The number of hydrogen-bond acceptors (Lipinski definition) is 5. The van der Waals surface area contributed by atoms with E-state index < -0.39 is 18.7 Å². The molecule has 0 aromatic carbocycles. The molecule has 0 fully saturated rings. The molecule has 0 saturated heterocycles. The van der Waals surface area contributed by atoms with Gasteiger partial charge in [0.15, 0.2) is 5.16 Å². The summed E-state index contributed by atoms with van der Waals surface area (Å²) in [4.78, 5) is 12.3. The Kier molecular flexibility index (Phi) is 8.33. The molecule has 0 aliphatic rings. The maximum Gasteiger partial charge on any atom is 0.347 e. The van der Waals surface area contributed by atoms with Crippen LogP contribution in [0.15, 0.2) is 11.6 Å². The average molecular weight is 306 g/mol. The molecule has 0 aliphatic heterocycles. The van der Waals surface area contributed by atoms with E-state index in [1.54, 1.807) is 27.7 Å². The van der Waals surface area contributed by atoms with Crippen molar-refractivity contribution in [1.29, 1.82) is 0 Å². The van der Waals surface area contributed by atoms with E-state index in [9.17, 15) is 9.36 Å². The Hall–Kier alpha value is -0.640. The van der Waals surface area contributed by atoms with Gasteiger partial charge in [0.05, 0.1) is 19.8 Å². The third-order valence-electron chi connectivity index (χ3n) is 2.83. The first-order valence-corrected chi connectivity index (χ1v) is 8.51. The van der Waals surface area contributed by atoms with Crippen LogP contribution in [0.5, 0.6) is 0 Å². The summed E-state index contributed by atoms with van der Waals surface area (Å²) in [6.45, 7) is 11.2. The topological polar surface area (TPSA) is 61.8 Å². The molecule has 0 rings (SSSR count). The zero-order chi connectivity index (χ0) is 15.8. The molecule has 5 nitrogen and oxygen atoms in total. The number of esters is 1. The van der Waals surface area contributed by atoms with E-state index >= 15 is 0 Å². The van der Waals surface area contributed by atoms with E-state index in [-0.39, 0.29) is 26.2 Å². The Bertz CT molecular complexity index is 377. The van der Waals surface area contributed by atoms with Crippen LogP contribution in [-0.4, -0.2) is 30.9 Å². The van der Waals surface area contributed by atoms with Crippen molar-refractivity contribution in [1.82, 2.24) is 0 Å². The van der Waals surface area contributed by atoms with Crippen molar-refractivity contribution in [3.05, 3.63) is 11.6 Å². The smallest absolute Gasteiger partial charge is 0.347 e. The van der Waals surface area contributed by atoms with Gasteiger partial charge in [-0.05, 0) is 48.0 Å². The number of carbonyl (C=O) groups excluding carboxylic acids is 1. The molecule has 0 aromatic rings. The van der Waals surface area contributed by atoms with Gasteiger partial charge < -0.3 is 13.8 Å². The van der Waals surface area contributed by atoms with E-state index in [0.717, 1.165) is 5.57 Å². The summed E-state index contributed by atoms with van der Waals surface area (Å²) >= 11 is 0. The molecule has 118 valence electrons. The van der Waals surface area contributed by atoms with Crippen LogP contribution in [0.2, 0.25) is 0 Å². The van der Waals surface area contributed by atoms with Crippen molar-refractivity contribution in [3.8, 4) is 0 Å². The van der Waals surface area contributed by atoms with E-state index in [4.69, 9.17) is 13.8 Å².